The fraction of sp³-hybridized carbons (Fsp3) is 0.333. The van der Waals surface area contributed by atoms with Gasteiger partial charge in [0.15, 0.2) is 0 Å². The number of H-pyrrole nitrogens is 1. The van der Waals surface area contributed by atoms with Crippen LogP contribution in [0, 0.1) is 0 Å². The molecule has 0 bridgehead atoms. The normalized spacial score (nSPS) is 16.9. The van der Waals surface area contributed by atoms with Gasteiger partial charge in [-0.1, -0.05) is 11.2 Å². The zero-order valence-electron chi connectivity index (χ0n) is 11.9. The van der Waals surface area contributed by atoms with Crippen molar-refractivity contribution < 1.29 is 10.0 Å². The number of hydrogen-bond donors (Lipinski definition) is 2. The van der Waals surface area contributed by atoms with E-state index >= 15 is 0 Å². The lowest BCUT2D eigenvalue weighted by molar-refractivity contribution is 0.0666. The van der Waals surface area contributed by atoms with Crippen LogP contribution >= 0.6 is 0 Å². The molecule has 1 aliphatic rings. The monoisotopic (exact) mass is 286 g/mol. The summed E-state index contributed by atoms with van der Waals surface area (Å²) in [6.07, 6.45) is 3.16. The molecule has 2 aromatic rings. The smallest absolute Gasteiger partial charge is 0.254 e. The lowest BCUT2D eigenvalue weighted by Gasteiger charge is -2.32. The maximum atomic E-state index is 12.7. The molecule has 0 spiro atoms. The van der Waals surface area contributed by atoms with Crippen molar-refractivity contribution in [2.45, 2.75) is 0 Å². The number of carbonyl (C=O) groups is 1. The van der Waals surface area contributed by atoms with E-state index in [0.29, 0.717) is 5.56 Å². The van der Waals surface area contributed by atoms with Crippen LogP contribution in [-0.4, -0.2) is 65.3 Å². The average molecular weight is 286 g/mol. The first-order chi connectivity index (χ1) is 10.2. The number of carbonyl (C=O) groups excluding carboxylic acids is 1. The molecule has 6 heteroatoms. The molecule has 0 saturated carbocycles. The first kappa shape index (κ1) is 13.6. The van der Waals surface area contributed by atoms with Crippen LogP contribution in [0.15, 0.2) is 29.6 Å². The van der Waals surface area contributed by atoms with Gasteiger partial charge in [0.05, 0.1) is 11.7 Å². The van der Waals surface area contributed by atoms with E-state index in [0.717, 1.165) is 42.6 Å². The molecule has 1 amide bonds. The van der Waals surface area contributed by atoms with Crippen LogP contribution in [0.25, 0.3) is 10.9 Å². The molecule has 2 heterocycles. The fourth-order valence-corrected chi connectivity index (χ4v) is 2.72. The third-order valence-corrected chi connectivity index (χ3v) is 3.97. The Morgan fingerprint density at radius 1 is 1.29 bits per heavy atom. The standard InChI is InChI=1S/C15H18N4O2/c1-18-6-8-19(9-7-18)15(20)13-3-2-11(10-17-21)14-12(13)4-5-16-14/h2-5,10,16,21H,6-9H2,1H3/b17-10-. The first-order valence-electron chi connectivity index (χ1n) is 6.96. The minimum Gasteiger partial charge on any atom is -0.411 e. The number of hydrogen-bond acceptors (Lipinski definition) is 4. The van der Waals surface area contributed by atoms with Crippen LogP contribution in [0.1, 0.15) is 15.9 Å². The maximum Gasteiger partial charge on any atom is 0.254 e. The van der Waals surface area contributed by atoms with E-state index in [-0.39, 0.29) is 5.91 Å². The zero-order valence-corrected chi connectivity index (χ0v) is 11.9. The van der Waals surface area contributed by atoms with Gasteiger partial charge in [-0.3, -0.25) is 4.79 Å². The van der Waals surface area contributed by atoms with E-state index < -0.39 is 0 Å². The Morgan fingerprint density at radius 2 is 2.05 bits per heavy atom. The van der Waals surface area contributed by atoms with Crippen LogP contribution in [0.3, 0.4) is 0 Å². The largest absolute Gasteiger partial charge is 0.411 e. The molecule has 0 radical (unpaired) electrons. The predicted molar refractivity (Wildman–Crippen MR) is 81.1 cm³/mol. The number of fused-ring (bicyclic) bond motifs is 1. The van der Waals surface area contributed by atoms with Gasteiger partial charge in [0.1, 0.15) is 0 Å². The van der Waals surface area contributed by atoms with Crippen LogP contribution in [0.2, 0.25) is 0 Å². The minimum absolute atomic E-state index is 0.0557. The van der Waals surface area contributed by atoms with Gasteiger partial charge in [0, 0.05) is 48.9 Å². The number of rotatable bonds is 2. The van der Waals surface area contributed by atoms with Gasteiger partial charge in [0.25, 0.3) is 5.91 Å². The summed E-state index contributed by atoms with van der Waals surface area (Å²) in [6, 6.07) is 5.48. The topological polar surface area (TPSA) is 71.9 Å². The Morgan fingerprint density at radius 3 is 2.76 bits per heavy atom. The predicted octanol–water partition coefficient (Wildman–Crippen LogP) is 1.36. The highest BCUT2D eigenvalue weighted by molar-refractivity contribution is 6.10. The highest BCUT2D eigenvalue weighted by Crippen LogP contribution is 2.22. The molecule has 0 unspecified atom stereocenters. The molecule has 1 aromatic carbocycles. The SMILES string of the molecule is CN1CCN(C(=O)c2ccc(/C=N\O)c3[nH]ccc23)CC1. The summed E-state index contributed by atoms with van der Waals surface area (Å²) in [4.78, 5) is 19.9. The molecule has 1 aromatic heterocycles. The first-order valence-corrected chi connectivity index (χ1v) is 6.96. The Labute approximate surface area is 122 Å². The lowest BCUT2D eigenvalue weighted by atomic mass is 10.0. The number of piperazine rings is 1. The number of amides is 1. The fourth-order valence-electron chi connectivity index (χ4n) is 2.72. The molecular weight excluding hydrogens is 268 g/mol. The van der Waals surface area contributed by atoms with Gasteiger partial charge in [-0.25, -0.2) is 0 Å². The second-order valence-corrected chi connectivity index (χ2v) is 5.31. The third-order valence-electron chi connectivity index (χ3n) is 3.97. The molecule has 1 aliphatic heterocycles. The Bertz CT molecular complexity index is 684. The molecule has 1 fully saturated rings. The van der Waals surface area contributed by atoms with E-state index in [1.165, 1.54) is 6.21 Å². The number of aromatic amines is 1. The van der Waals surface area contributed by atoms with Crippen molar-refractivity contribution >= 4 is 23.0 Å². The van der Waals surface area contributed by atoms with Crippen LogP contribution in [-0.2, 0) is 0 Å². The van der Waals surface area contributed by atoms with Gasteiger partial charge >= 0.3 is 0 Å². The molecule has 0 aliphatic carbocycles. The molecule has 1 saturated heterocycles. The highest BCUT2D eigenvalue weighted by atomic mass is 16.4. The van der Waals surface area contributed by atoms with Crippen molar-refractivity contribution in [3.8, 4) is 0 Å². The Balaban J connectivity index is 1.95. The maximum absolute atomic E-state index is 12.7. The number of likely N-dealkylation sites (N-methyl/N-ethyl adjacent to an activating group) is 1. The van der Waals surface area contributed by atoms with E-state index in [1.54, 1.807) is 18.3 Å². The molecule has 3 rings (SSSR count). The summed E-state index contributed by atoms with van der Waals surface area (Å²) in [5.74, 6) is 0.0557. The van der Waals surface area contributed by atoms with Crippen molar-refractivity contribution in [3.05, 3.63) is 35.5 Å². The van der Waals surface area contributed by atoms with Gasteiger partial charge in [0.2, 0.25) is 0 Å². The number of aromatic nitrogens is 1. The molecule has 2 N–H and O–H groups in total. The summed E-state index contributed by atoms with van der Waals surface area (Å²) < 4.78 is 0. The van der Waals surface area contributed by atoms with E-state index in [9.17, 15) is 4.79 Å². The van der Waals surface area contributed by atoms with Gasteiger partial charge in [-0.2, -0.15) is 0 Å². The number of benzene rings is 1. The molecule has 0 atom stereocenters. The van der Waals surface area contributed by atoms with E-state index in [2.05, 4.69) is 22.1 Å². The quantitative estimate of drug-likeness (QED) is 0.497. The number of nitrogens with one attached hydrogen (secondary N) is 1. The van der Waals surface area contributed by atoms with E-state index in [4.69, 9.17) is 5.21 Å². The van der Waals surface area contributed by atoms with Crippen LogP contribution in [0.5, 0.6) is 0 Å². The molecule has 110 valence electrons. The van der Waals surface area contributed by atoms with E-state index in [1.807, 2.05) is 11.0 Å². The second-order valence-electron chi connectivity index (χ2n) is 5.31. The van der Waals surface area contributed by atoms with Crippen molar-refractivity contribution in [3.63, 3.8) is 0 Å². The van der Waals surface area contributed by atoms with Gasteiger partial charge < -0.3 is 20.0 Å². The molecular formula is C15H18N4O2. The molecule has 21 heavy (non-hydrogen) atoms. The number of oxime groups is 1. The van der Waals surface area contributed by atoms with Crippen molar-refractivity contribution in [2.24, 2.45) is 5.16 Å². The minimum atomic E-state index is 0.0557. The molecule has 6 nitrogen and oxygen atoms in total. The van der Waals surface area contributed by atoms with Crippen LogP contribution in [0.4, 0.5) is 0 Å². The highest BCUT2D eigenvalue weighted by Gasteiger charge is 2.22. The summed E-state index contributed by atoms with van der Waals surface area (Å²) in [7, 11) is 2.06. The average Bonchev–Trinajstić information content (AvgIpc) is 2.98. The zero-order chi connectivity index (χ0) is 14.8. The summed E-state index contributed by atoms with van der Waals surface area (Å²) in [5.41, 5.74) is 2.26. The van der Waals surface area contributed by atoms with Gasteiger partial charge in [-0.15, -0.1) is 0 Å². The second kappa shape index (κ2) is 5.57. The number of nitrogens with zero attached hydrogens (tertiary/aromatic N) is 3. The summed E-state index contributed by atoms with van der Waals surface area (Å²) in [6.45, 7) is 3.30. The summed E-state index contributed by atoms with van der Waals surface area (Å²) >= 11 is 0. The van der Waals surface area contributed by atoms with Crippen molar-refractivity contribution in [2.75, 3.05) is 33.2 Å². The summed E-state index contributed by atoms with van der Waals surface area (Å²) in [5, 5.41) is 12.6. The lowest BCUT2D eigenvalue weighted by Crippen LogP contribution is -2.47. The Kier molecular flexibility index (Phi) is 3.62. The van der Waals surface area contributed by atoms with Gasteiger partial charge in [-0.05, 0) is 19.2 Å². The van der Waals surface area contributed by atoms with Crippen LogP contribution < -0.4 is 0 Å². The van der Waals surface area contributed by atoms with Crippen molar-refractivity contribution in [1.82, 2.24) is 14.8 Å². The Hall–Kier alpha value is -2.34. The van der Waals surface area contributed by atoms with Crippen molar-refractivity contribution in [1.29, 1.82) is 0 Å². The third kappa shape index (κ3) is 2.50.